The minimum atomic E-state index is -0.697. The molecule has 1 aromatic heterocycles. The molecule has 98 valence electrons. The topological polar surface area (TPSA) is 50.2 Å². The molecule has 0 saturated heterocycles. The van der Waals surface area contributed by atoms with Gasteiger partial charge in [-0.3, -0.25) is 9.78 Å². The molecule has 0 bridgehead atoms. The van der Waals surface area contributed by atoms with E-state index in [1.54, 1.807) is 0 Å². The van der Waals surface area contributed by atoms with E-state index >= 15 is 0 Å². The molecule has 1 saturated carbocycles. The molecule has 0 atom stereocenters. The van der Waals surface area contributed by atoms with Crippen molar-refractivity contribution in [1.29, 1.82) is 0 Å². The van der Waals surface area contributed by atoms with Gasteiger partial charge in [0, 0.05) is 17.8 Å². The number of carbonyl (C=O) groups is 1. The number of rotatable bonds is 3. The van der Waals surface area contributed by atoms with E-state index in [0.29, 0.717) is 0 Å². The van der Waals surface area contributed by atoms with Crippen LogP contribution in [0.15, 0.2) is 30.6 Å². The zero-order valence-electron chi connectivity index (χ0n) is 11.0. The quantitative estimate of drug-likeness (QED) is 0.915. The molecule has 1 heterocycles. The van der Waals surface area contributed by atoms with E-state index in [4.69, 9.17) is 0 Å². The molecule has 0 unspecified atom stereocenters. The van der Waals surface area contributed by atoms with Gasteiger partial charge in [-0.2, -0.15) is 0 Å². The summed E-state index contributed by atoms with van der Waals surface area (Å²) < 4.78 is 0. The van der Waals surface area contributed by atoms with Crippen LogP contribution in [0.5, 0.6) is 0 Å². The summed E-state index contributed by atoms with van der Waals surface area (Å²) in [6, 6.07) is 6.04. The van der Waals surface area contributed by atoms with Crippen molar-refractivity contribution in [3.05, 3.63) is 41.7 Å². The van der Waals surface area contributed by atoms with Gasteiger partial charge in [-0.1, -0.05) is 25.5 Å². The van der Waals surface area contributed by atoms with E-state index in [1.807, 2.05) is 30.6 Å². The number of pyridine rings is 1. The molecule has 0 radical (unpaired) electrons. The third-order valence-electron chi connectivity index (χ3n) is 4.39. The zero-order valence-corrected chi connectivity index (χ0v) is 11.0. The summed E-state index contributed by atoms with van der Waals surface area (Å²) in [6.45, 7) is 2.11. The fourth-order valence-electron chi connectivity index (χ4n) is 2.97. The fraction of sp³-hybridized carbons (Fsp3) is 0.375. The lowest BCUT2D eigenvalue weighted by molar-refractivity contribution is -0.147. The van der Waals surface area contributed by atoms with Crippen LogP contribution in [0.25, 0.3) is 10.8 Å². The molecule has 1 aliphatic carbocycles. The first-order valence-corrected chi connectivity index (χ1v) is 6.78. The summed E-state index contributed by atoms with van der Waals surface area (Å²) in [5.41, 5.74) is 1.48. The predicted octanol–water partition coefficient (Wildman–Crippen LogP) is 3.30. The highest BCUT2D eigenvalue weighted by molar-refractivity contribution is 5.89. The summed E-state index contributed by atoms with van der Waals surface area (Å²) in [7, 11) is 0. The van der Waals surface area contributed by atoms with Crippen LogP contribution in [0.3, 0.4) is 0 Å². The van der Waals surface area contributed by atoms with Crippen LogP contribution in [-0.2, 0) is 16.6 Å². The second-order valence-electron chi connectivity index (χ2n) is 5.33. The highest BCUT2D eigenvalue weighted by Crippen LogP contribution is 2.44. The van der Waals surface area contributed by atoms with Crippen molar-refractivity contribution in [2.75, 3.05) is 0 Å². The van der Waals surface area contributed by atoms with E-state index in [-0.39, 0.29) is 0 Å². The molecule has 3 heteroatoms. The predicted molar refractivity (Wildman–Crippen MR) is 74.3 cm³/mol. The van der Waals surface area contributed by atoms with Crippen LogP contribution in [0.4, 0.5) is 0 Å². The first-order valence-electron chi connectivity index (χ1n) is 6.78. The highest BCUT2D eigenvalue weighted by Gasteiger charge is 2.45. The summed E-state index contributed by atoms with van der Waals surface area (Å²) >= 11 is 0. The first kappa shape index (κ1) is 12.2. The molecule has 0 spiro atoms. The Bertz CT molecular complexity index is 644. The number of carboxylic acid groups (broad SMARTS) is 1. The number of aryl methyl sites for hydroxylation is 1. The molecule has 0 aliphatic heterocycles. The molecule has 19 heavy (non-hydrogen) atoms. The number of hydrogen-bond donors (Lipinski definition) is 1. The number of nitrogens with zero attached hydrogens (tertiary/aromatic N) is 1. The number of aromatic nitrogens is 1. The third-order valence-corrected chi connectivity index (χ3v) is 4.39. The van der Waals surface area contributed by atoms with Crippen molar-refractivity contribution in [3.8, 4) is 0 Å². The largest absolute Gasteiger partial charge is 0.481 e. The summed E-state index contributed by atoms with van der Waals surface area (Å²) in [5.74, 6) is -0.697. The van der Waals surface area contributed by atoms with E-state index < -0.39 is 11.4 Å². The lowest BCUT2D eigenvalue weighted by Crippen LogP contribution is -2.42. The standard InChI is InChI=1S/C16H17NO2/c1-2-11-9-17-10-12-8-13(4-5-14(11)12)16(15(18)19)6-3-7-16/h4-5,8-10H,2-3,6-7H2,1H3,(H,18,19). The number of hydrogen-bond acceptors (Lipinski definition) is 2. The van der Waals surface area contributed by atoms with Gasteiger partial charge in [0.25, 0.3) is 0 Å². The summed E-state index contributed by atoms with van der Waals surface area (Å²) in [6.07, 6.45) is 7.14. The molecule has 1 aromatic carbocycles. The monoisotopic (exact) mass is 255 g/mol. The van der Waals surface area contributed by atoms with Crippen molar-refractivity contribution in [3.63, 3.8) is 0 Å². The summed E-state index contributed by atoms with van der Waals surface area (Å²) in [4.78, 5) is 15.8. The van der Waals surface area contributed by atoms with Crippen LogP contribution < -0.4 is 0 Å². The highest BCUT2D eigenvalue weighted by atomic mass is 16.4. The van der Waals surface area contributed by atoms with Crippen molar-refractivity contribution in [2.24, 2.45) is 0 Å². The van der Waals surface area contributed by atoms with Gasteiger partial charge in [-0.15, -0.1) is 0 Å². The molecule has 1 aliphatic rings. The van der Waals surface area contributed by atoms with E-state index in [9.17, 15) is 9.90 Å². The Morgan fingerprint density at radius 3 is 2.74 bits per heavy atom. The molecular formula is C16H17NO2. The minimum Gasteiger partial charge on any atom is -0.481 e. The first-order chi connectivity index (χ1) is 9.17. The van der Waals surface area contributed by atoms with Crippen LogP contribution in [0.2, 0.25) is 0 Å². The molecule has 2 aromatic rings. The van der Waals surface area contributed by atoms with Crippen LogP contribution in [0.1, 0.15) is 37.3 Å². The average molecular weight is 255 g/mol. The molecular weight excluding hydrogens is 238 g/mol. The zero-order chi connectivity index (χ0) is 13.5. The van der Waals surface area contributed by atoms with Crippen LogP contribution in [-0.4, -0.2) is 16.1 Å². The smallest absolute Gasteiger partial charge is 0.314 e. The number of carboxylic acids is 1. The maximum absolute atomic E-state index is 11.5. The van der Waals surface area contributed by atoms with Crippen LogP contribution in [0, 0.1) is 0 Å². The molecule has 1 fully saturated rings. The van der Waals surface area contributed by atoms with Gasteiger partial charge in [0.05, 0.1) is 5.41 Å². The van der Waals surface area contributed by atoms with E-state index in [0.717, 1.165) is 36.6 Å². The van der Waals surface area contributed by atoms with Crippen molar-refractivity contribution in [2.45, 2.75) is 38.0 Å². The Kier molecular flexibility index (Phi) is 2.77. The minimum absolute atomic E-state index is 0.656. The number of aliphatic carboxylic acids is 1. The normalized spacial score (nSPS) is 17.1. The number of fused-ring (bicyclic) bond motifs is 1. The van der Waals surface area contributed by atoms with Crippen molar-refractivity contribution < 1.29 is 9.90 Å². The molecule has 0 amide bonds. The third kappa shape index (κ3) is 1.72. The second kappa shape index (κ2) is 4.34. The second-order valence-corrected chi connectivity index (χ2v) is 5.33. The average Bonchev–Trinajstić information content (AvgIpc) is 2.36. The van der Waals surface area contributed by atoms with Gasteiger partial charge in [0.1, 0.15) is 0 Å². The number of benzene rings is 1. The SMILES string of the molecule is CCc1cncc2cc(C3(C(=O)O)CCC3)ccc12. The van der Waals surface area contributed by atoms with Crippen molar-refractivity contribution >= 4 is 16.7 Å². The summed E-state index contributed by atoms with van der Waals surface area (Å²) in [5, 5.41) is 11.7. The van der Waals surface area contributed by atoms with Gasteiger partial charge in [0.2, 0.25) is 0 Å². The van der Waals surface area contributed by atoms with Gasteiger partial charge in [-0.25, -0.2) is 0 Å². The Morgan fingerprint density at radius 1 is 1.37 bits per heavy atom. The Labute approximate surface area is 112 Å². The van der Waals surface area contributed by atoms with Gasteiger partial charge < -0.3 is 5.11 Å². The molecule has 3 rings (SSSR count). The maximum atomic E-state index is 11.5. The van der Waals surface area contributed by atoms with Crippen LogP contribution >= 0.6 is 0 Å². The Morgan fingerprint density at radius 2 is 2.16 bits per heavy atom. The Hall–Kier alpha value is -1.90. The van der Waals surface area contributed by atoms with Gasteiger partial charge >= 0.3 is 5.97 Å². The van der Waals surface area contributed by atoms with E-state index in [1.165, 1.54) is 10.9 Å². The van der Waals surface area contributed by atoms with Gasteiger partial charge in [-0.05, 0) is 41.8 Å². The lowest BCUT2D eigenvalue weighted by Gasteiger charge is -2.38. The maximum Gasteiger partial charge on any atom is 0.314 e. The van der Waals surface area contributed by atoms with Gasteiger partial charge in [0.15, 0.2) is 0 Å². The molecule has 3 nitrogen and oxygen atoms in total. The van der Waals surface area contributed by atoms with Crippen molar-refractivity contribution in [1.82, 2.24) is 4.98 Å². The molecule has 1 N–H and O–H groups in total. The van der Waals surface area contributed by atoms with E-state index in [2.05, 4.69) is 11.9 Å². The fourth-order valence-corrected chi connectivity index (χ4v) is 2.97. The Balaban J connectivity index is 2.15. The lowest BCUT2D eigenvalue weighted by atomic mass is 9.64.